The normalized spacial score (nSPS) is 23.0. The Morgan fingerprint density at radius 2 is 2.25 bits per heavy atom. The molecule has 0 amide bonds. The van der Waals surface area contributed by atoms with Crippen molar-refractivity contribution in [3.05, 3.63) is 5.01 Å². The molecule has 1 aromatic heterocycles. The number of anilines is 1. The number of hydrogen-bond acceptors (Lipinski definition) is 5. The lowest BCUT2D eigenvalue weighted by Crippen LogP contribution is -2.31. The molecule has 1 fully saturated rings. The topological polar surface area (TPSA) is 41.1 Å². The Labute approximate surface area is 101 Å². The minimum atomic E-state index is 0.685. The molecule has 5 heteroatoms. The van der Waals surface area contributed by atoms with Crippen LogP contribution >= 0.6 is 11.3 Å². The highest BCUT2D eigenvalue weighted by Gasteiger charge is 2.18. The van der Waals surface area contributed by atoms with Crippen LogP contribution in [0.5, 0.6) is 0 Å². The highest BCUT2D eigenvalue weighted by molar-refractivity contribution is 7.15. The van der Waals surface area contributed by atoms with Crippen LogP contribution in [0.4, 0.5) is 5.13 Å². The summed E-state index contributed by atoms with van der Waals surface area (Å²) in [5.74, 6) is 0. The summed E-state index contributed by atoms with van der Waals surface area (Å²) in [5.41, 5.74) is 0. The van der Waals surface area contributed by atoms with Gasteiger partial charge in [-0.05, 0) is 26.3 Å². The zero-order valence-corrected chi connectivity index (χ0v) is 10.9. The summed E-state index contributed by atoms with van der Waals surface area (Å²) >= 11 is 1.66. The molecule has 0 spiro atoms. The van der Waals surface area contributed by atoms with Crippen molar-refractivity contribution < 1.29 is 0 Å². The molecular formula is C11H20N4S. The van der Waals surface area contributed by atoms with Crippen LogP contribution < -0.4 is 5.32 Å². The van der Waals surface area contributed by atoms with Crippen molar-refractivity contribution in [2.24, 2.45) is 0 Å². The van der Waals surface area contributed by atoms with Crippen molar-refractivity contribution in [1.82, 2.24) is 15.1 Å². The molecule has 1 unspecified atom stereocenters. The van der Waals surface area contributed by atoms with Gasteiger partial charge < -0.3 is 5.32 Å². The highest BCUT2D eigenvalue weighted by atomic mass is 32.1. The summed E-state index contributed by atoms with van der Waals surface area (Å²) < 4.78 is 0. The van der Waals surface area contributed by atoms with Crippen LogP contribution in [-0.4, -0.2) is 34.7 Å². The second-order valence-corrected chi connectivity index (χ2v) is 5.48. The number of nitrogens with one attached hydrogen (secondary N) is 1. The van der Waals surface area contributed by atoms with Crippen LogP contribution in [0, 0.1) is 0 Å². The van der Waals surface area contributed by atoms with Gasteiger partial charge >= 0.3 is 0 Å². The van der Waals surface area contributed by atoms with Crippen molar-refractivity contribution in [1.29, 1.82) is 0 Å². The van der Waals surface area contributed by atoms with Gasteiger partial charge in [-0.3, -0.25) is 4.90 Å². The highest BCUT2D eigenvalue weighted by Crippen LogP contribution is 2.21. The summed E-state index contributed by atoms with van der Waals surface area (Å²) in [6, 6.07) is 0.685. The van der Waals surface area contributed by atoms with Crippen molar-refractivity contribution in [2.75, 3.05) is 18.9 Å². The van der Waals surface area contributed by atoms with Crippen LogP contribution in [0.2, 0.25) is 0 Å². The van der Waals surface area contributed by atoms with Gasteiger partial charge in [0.2, 0.25) is 5.13 Å². The molecule has 2 rings (SSSR count). The lowest BCUT2D eigenvalue weighted by atomic mass is 10.1. The average Bonchev–Trinajstić information content (AvgIpc) is 2.65. The average molecular weight is 240 g/mol. The van der Waals surface area contributed by atoms with Crippen molar-refractivity contribution in [2.45, 2.75) is 45.2 Å². The first-order valence-corrected chi connectivity index (χ1v) is 6.85. The lowest BCUT2D eigenvalue weighted by molar-refractivity contribution is 0.204. The fourth-order valence-corrected chi connectivity index (χ4v) is 2.88. The Hall–Kier alpha value is -0.680. The molecule has 0 aromatic carbocycles. The van der Waals surface area contributed by atoms with Gasteiger partial charge in [0.25, 0.3) is 0 Å². The maximum absolute atomic E-state index is 4.21. The van der Waals surface area contributed by atoms with E-state index >= 15 is 0 Å². The van der Waals surface area contributed by atoms with Gasteiger partial charge in [0.15, 0.2) is 0 Å². The summed E-state index contributed by atoms with van der Waals surface area (Å²) in [4.78, 5) is 2.53. The fourth-order valence-electron chi connectivity index (χ4n) is 2.16. The minimum Gasteiger partial charge on any atom is -0.363 e. The molecule has 1 aliphatic heterocycles. The van der Waals surface area contributed by atoms with Crippen LogP contribution in [0.3, 0.4) is 0 Å². The first kappa shape index (κ1) is 11.8. The minimum absolute atomic E-state index is 0.685. The quantitative estimate of drug-likeness (QED) is 0.880. The number of hydrogen-bond donors (Lipinski definition) is 1. The molecule has 0 radical (unpaired) electrons. The van der Waals surface area contributed by atoms with Gasteiger partial charge in [-0.2, -0.15) is 0 Å². The first-order chi connectivity index (χ1) is 7.79. The van der Waals surface area contributed by atoms with E-state index in [1.54, 1.807) is 11.3 Å². The molecule has 4 nitrogen and oxygen atoms in total. The van der Waals surface area contributed by atoms with Gasteiger partial charge in [0, 0.05) is 13.1 Å². The number of aromatic nitrogens is 2. The maximum atomic E-state index is 4.21. The molecule has 0 saturated carbocycles. The molecule has 0 bridgehead atoms. The molecule has 1 aromatic rings. The Bertz CT molecular complexity index is 326. The second-order valence-electron chi connectivity index (χ2n) is 4.42. The molecule has 1 aliphatic rings. The Morgan fingerprint density at radius 3 is 3.00 bits per heavy atom. The van der Waals surface area contributed by atoms with Gasteiger partial charge in [-0.25, -0.2) is 0 Å². The SMILES string of the molecule is CNc1nnc(CN2CCCCCC2C)s1. The van der Waals surface area contributed by atoms with E-state index in [-0.39, 0.29) is 0 Å². The number of nitrogens with zero attached hydrogens (tertiary/aromatic N) is 3. The Morgan fingerprint density at radius 1 is 1.38 bits per heavy atom. The van der Waals surface area contributed by atoms with E-state index in [2.05, 4.69) is 27.3 Å². The Balaban J connectivity index is 1.96. The maximum Gasteiger partial charge on any atom is 0.205 e. The lowest BCUT2D eigenvalue weighted by Gasteiger charge is -2.25. The third-order valence-corrected chi connectivity index (χ3v) is 4.14. The fraction of sp³-hybridized carbons (Fsp3) is 0.818. The van der Waals surface area contributed by atoms with Gasteiger partial charge in [0.1, 0.15) is 5.01 Å². The van der Waals surface area contributed by atoms with Crippen molar-refractivity contribution in [3.63, 3.8) is 0 Å². The van der Waals surface area contributed by atoms with Crippen molar-refractivity contribution in [3.8, 4) is 0 Å². The molecule has 0 aliphatic carbocycles. The van der Waals surface area contributed by atoms with Gasteiger partial charge in [0.05, 0.1) is 6.54 Å². The van der Waals surface area contributed by atoms with Crippen LogP contribution in [0.15, 0.2) is 0 Å². The summed E-state index contributed by atoms with van der Waals surface area (Å²) in [5, 5.41) is 13.4. The molecule has 1 N–H and O–H groups in total. The molecule has 1 atom stereocenters. The zero-order chi connectivity index (χ0) is 11.4. The van der Waals surface area contributed by atoms with E-state index in [0.717, 1.165) is 16.7 Å². The number of likely N-dealkylation sites (tertiary alicyclic amines) is 1. The van der Waals surface area contributed by atoms with Crippen LogP contribution in [0.25, 0.3) is 0 Å². The molecule has 1 saturated heterocycles. The van der Waals surface area contributed by atoms with E-state index in [1.807, 2.05) is 7.05 Å². The van der Waals surface area contributed by atoms with Crippen LogP contribution in [-0.2, 0) is 6.54 Å². The van der Waals surface area contributed by atoms with E-state index in [9.17, 15) is 0 Å². The Kier molecular flexibility index (Phi) is 4.12. The van der Waals surface area contributed by atoms with E-state index < -0.39 is 0 Å². The number of rotatable bonds is 3. The van der Waals surface area contributed by atoms with E-state index in [1.165, 1.54) is 32.2 Å². The molecule has 2 heterocycles. The van der Waals surface area contributed by atoms with Gasteiger partial charge in [-0.1, -0.05) is 24.2 Å². The summed E-state index contributed by atoms with van der Waals surface area (Å²) in [6.45, 7) is 4.49. The molecule has 16 heavy (non-hydrogen) atoms. The predicted octanol–water partition coefficient (Wildman–Crippen LogP) is 2.34. The summed E-state index contributed by atoms with van der Waals surface area (Å²) in [7, 11) is 1.89. The monoisotopic (exact) mass is 240 g/mol. The van der Waals surface area contributed by atoms with Crippen LogP contribution in [0.1, 0.15) is 37.6 Å². The third kappa shape index (κ3) is 2.92. The van der Waals surface area contributed by atoms with E-state index in [0.29, 0.717) is 6.04 Å². The smallest absolute Gasteiger partial charge is 0.205 e. The summed E-state index contributed by atoms with van der Waals surface area (Å²) in [6.07, 6.45) is 5.38. The first-order valence-electron chi connectivity index (χ1n) is 6.04. The van der Waals surface area contributed by atoms with E-state index in [4.69, 9.17) is 0 Å². The zero-order valence-electron chi connectivity index (χ0n) is 10.1. The van der Waals surface area contributed by atoms with Crippen molar-refractivity contribution >= 4 is 16.5 Å². The third-order valence-electron chi connectivity index (χ3n) is 3.21. The molecule has 90 valence electrons. The molecular weight excluding hydrogens is 220 g/mol. The largest absolute Gasteiger partial charge is 0.363 e. The standard InChI is InChI=1S/C11H20N4S/c1-9-6-4-3-5-7-15(9)8-10-13-14-11(12-2)16-10/h9H,3-8H2,1-2H3,(H,12,14). The second kappa shape index (κ2) is 5.59. The predicted molar refractivity (Wildman–Crippen MR) is 67.8 cm³/mol. The van der Waals surface area contributed by atoms with Gasteiger partial charge in [-0.15, -0.1) is 10.2 Å².